The van der Waals surface area contributed by atoms with E-state index in [4.69, 9.17) is 9.26 Å². The molecule has 2 atom stereocenters. The summed E-state index contributed by atoms with van der Waals surface area (Å²) in [4.78, 5) is 20.5. The van der Waals surface area contributed by atoms with Crippen molar-refractivity contribution in [2.45, 2.75) is 37.8 Å². The van der Waals surface area contributed by atoms with Crippen molar-refractivity contribution in [2.75, 3.05) is 44.3 Å². The van der Waals surface area contributed by atoms with E-state index in [1.165, 1.54) is 15.9 Å². The highest BCUT2D eigenvalue weighted by Crippen LogP contribution is 2.37. The van der Waals surface area contributed by atoms with Gasteiger partial charge < -0.3 is 19.1 Å². The third-order valence-corrected chi connectivity index (χ3v) is 7.93. The fourth-order valence-corrected chi connectivity index (χ4v) is 5.73. The van der Waals surface area contributed by atoms with Crippen LogP contribution in [0.3, 0.4) is 0 Å². The van der Waals surface area contributed by atoms with Gasteiger partial charge >= 0.3 is 18.2 Å². The maximum atomic E-state index is 14.6. The molecule has 2 aliphatic heterocycles. The second kappa shape index (κ2) is 10.2. The van der Waals surface area contributed by atoms with E-state index < -0.39 is 45.7 Å². The van der Waals surface area contributed by atoms with Crippen molar-refractivity contribution in [1.82, 2.24) is 19.9 Å². The second-order valence-electron chi connectivity index (χ2n) is 8.95. The van der Waals surface area contributed by atoms with E-state index in [0.29, 0.717) is 18.6 Å². The van der Waals surface area contributed by atoms with Gasteiger partial charge in [-0.3, -0.25) is 0 Å². The van der Waals surface area contributed by atoms with Crippen LogP contribution in [-0.4, -0.2) is 84.9 Å². The number of aromatic nitrogens is 2. The number of sulfone groups is 1. The third kappa shape index (κ3) is 6.26. The van der Waals surface area contributed by atoms with Gasteiger partial charge in [0.15, 0.2) is 9.84 Å². The van der Waals surface area contributed by atoms with Crippen molar-refractivity contribution in [2.24, 2.45) is 0 Å². The zero-order valence-electron chi connectivity index (χ0n) is 19.5. The van der Waals surface area contributed by atoms with Gasteiger partial charge in [-0.05, 0) is 35.7 Å². The van der Waals surface area contributed by atoms with E-state index in [1.54, 1.807) is 6.92 Å². The van der Waals surface area contributed by atoms with Crippen LogP contribution in [-0.2, 0) is 16.3 Å². The number of carbonyl (C=O) groups excluding carboxylic acids is 1. The normalized spacial score (nSPS) is 22.5. The van der Waals surface area contributed by atoms with Crippen LogP contribution in [0.4, 0.5) is 22.4 Å². The molecule has 2 aliphatic rings. The molecule has 36 heavy (non-hydrogen) atoms. The van der Waals surface area contributed by atoms with E-state index in [1.807, 2.05) is 0 Å². The first-order valence-electron chi connectivity index (χ1n) is 11.5. The van der Waals surface area contributed by atoms with Gasteiger partial charge in [-0.25, -0.2) is 17.6 Å². The van der Waals surface area contributed by atoms with Crippen molar-refractivity contribution in [1.29, 1.82) is 0 Å². The lowest BCUT2D eigenvalue weighted by molar-refractivity contribution is -0.127. The largest absolute Gasteiger partial charge is 0.462 e. The monoisotopic (exact) mass is 534 g/mol. The number of halogens is 4. The molecule has 0 spiro atoms. The lowest BCUT2D eigenvalue weighted by Crippen LogP contribution is -2.53. The predicted molar refractivity (Wildman–Crippen MR) is 119 cm³/mol. The SMILES string of the molecule is CCOc1noc(C2CC(c3ccc(CC(F)(F)F)c(F)c3)CN(C(=O)N3CCS(=O)(=O)CC3)C2)n1. The first-order chi connectivity index (χ1) is 16.9. The number of benzene rings is 1. The molecule has 0 aliphatic carbocycles. The molecule has 2 aromatic rings. The van der Waals surface area contributed by atoms with Crippen LogP contribution in [0.2, 0.25) is 0 Å². The molecule has 9 nitrogen and oxygen atoms in total. The van der Waals surface area contributed by atoms with Gasteiger partial charge in [-0.15, -0.1) is 0 Å². The van der Waals surface area contributed by atoms with Crippen LogP contribution in [0.25, 0.3) is 0 Å². The van der Waals surface area contributed by atoms with Gasteiger partial charge in [0.05, 0.1) is 30.5 Å². The standard InChI is InChI=1S/C22H26F4N4O5S/c1-2-34-20-27-19(35-28-20)17-9-16(14-3-4-15(18(23)10-14)11-22(24,25)26)12-30(13-17)21(31)29-5-7-36(32,33)8-6-29/h3-4,10,16-17H,2,5-9,11-13H2,1H3. The van der Waals surface area contributed by atoms with Gasteiger partial charge in [0.1, 0.15) is 5.82 Å². The Morgan fingerprint density at radius 2 is 1.86 bits per heavy atom. The summed E-state index contributed by atoms with van der Waals surface area (Å²) in [6.45, 7) is 2.55. The van der Waals surface area contributed by atoms with Crippen LogP contribution in [0, 0.1) is 5.82 Å². The molecule has 0 radical (unpaired) electrons. The molecule has 1 aromatic carbocycles. The smallest absolute Gasteiger partial charge is 0.393 e. The van der Waals surface area contributed by atoms with E-state index in [9.17, 15) is 30.8 Å². The summed E-state index contributed by atoms with van der Waals surface area (Å²) < 4.78 is 86.9. The Morgan fingerprint density at radius 1 is 1.17 bits per heavy atom. The quantitative estimate of drug-likeness (QED) is 0.543. The van der Waals surface area contributed by atoms with Crippen molar-refractivity contribution >= 4 is 15.9 Å². The fourth-order valence-electron chi connectivity index (χ4n) is 4.53. The minimum absolute atomic E-state index is 0.0382. The van der Waals surface area contributed by atoms with E-state index in [-0.39, 0.29) is 55.6 Å². The summed E-state index contributed by atoms with van der Waals surface area (Å²) in [6, 6.07) is 3.29. The highest BCUT2D eigenvalue weighted by Gasteiger charge is 2.38. The highest BCUT2D eigenvalue weighted by atomic mass is 32.2. The van der Waals surface area contributed by atoms with Crippen molar-refractivity contribution in [3.63, 3.8) is 0 Å². The minimum Gasteiger partial charge on any atom is -0.462 e. The van der Waals surface area contributed by atoms with Gasteiger partial charge in [-0.1, -0.05) is 12.1 Å². The molecule has 0 N–H and O–H groups in total. The molecular formula is C22H26F4N4O5S. The molecule has 1 aromatic heterocycles. The molecule has 2 amide bonds. The number of hydrogen-bond donors (Lipinski definition) is 0. The number of piperidine rings is 1. The minimum atomic E-state index is -4.54. The average Bonchev–Trinajstić information content (AvgIpc) is 3.28. The summed E-state index contributed by atoms with van der Waals surface area (Å²) in [7, 11) is -3.19. The number of urea groups is 1. The molecule has 3 heterocycles. The maximum Gasteiger partial charge on any atom is 0.393 e. The number of hydrogen-bond acceptors (Lipinski definition) is 7. The fraction of sp³-hybridized carbons (Fsp3) is 0.591. The Balaban J connectivity index is 1.58. The number of nitrogens with zero attached hydrogens (tertiary/aromatic N) is 4. The number of amides is 2. The number of carbonyl (C=O) groups is 1. The number of rotatable bonds is 5. The maximum absolute atomic E-state index is 14.6. The number of alkyl halides is 3. The average molecular weight is 535 g/mol. The third-order valence-electron chi connectivity index (χ3n) is 6.32. The van der Waals surface area contributed by atoms with E-state index >= 15 is 0 Å². The Bertz CT molecular complexity index is 1190. The summed E-state index contributed by atoms with van der Waals surface area (Å²) in [5, 5.41) is 3.76. The molecule has 14 heteroatoms. The highest BCUT2D eigenvalue weighted by molar-refractivity contribution is 7.91. The van der Waals surface area contributed by atoms with Crippen LogP contribution >= 0.6 is 0 Å². The Kier molecular flexibility index (Phi) is 7.43. The lowest BCUT2D eigenvalue weighted by atomic mass is 9.84. The van der Waals surface area contributed by atoms with Crippen LogP contribution in [0.15, 0.2) is 22.7 Å². The van der Waals surface area contributed by atoms with Crippen LogP contribution in [0.1, 0.15) is 42.2 Å². The summed E-state index contributed by atoms with van der Waals surface area (Å²) in [6.07, 6.45) is -5.54. The molecule has 0 bridgehead atoms. The van der Waals surface area contributed by atoms with Gasteiger partial charge in [-0.2, -0.15) is 18.2 Å². The van der Waals surface area contributed by atoms with Gasteiger partial charge in [0, 0.05) is 32.1 Å². The molecule has 2 fully saturated rings. The topological polar surface area (TPSA) is 106 Å². The first kappa shape index (κ1) is 26.2. The Hall–Kier alpha value is -2.90. The lowest BCUT2D eigenvalue weighted by Gasteiger charge is -2.40. The van der Waals surface area contributed by atoms with Crippen molar-refractivity contribution in [3.05, 3.63) is 41.0 Å². The summed E-state index contributed by atoms with van der Waals surface area (Å²) in [5.74, 6) is -1.89. The summed E-state index contributed by atoms with van der Waals surface area (Å²) in [5.41, 5.74) is -0.0222. The molecular weight excluding hydrogens is 508 g/mol. The van der Waals surface area contributed by atoms with Crippen LogP contribution in [0.5, 0.6) is 6.01 Å². The molecule has 2 unspecified atom stereocenters. The van der Waals surface area contributed by atoms with Crippen molar-refractivity contribution < 1.29 is 40.0 Å². The van der Waals surface area contributed by atoms with Gasteiger partial charge in [0.2, 0.25) is 5.89 Å². The molecule has 4 rings (SSSR count). The predicted octanol–water partition coefficient (Wildman–Crippen LogP) is 3.14. The zero-order chi connectivity index (χ0) is 26.1. The second-order valence-corrected chi connectivity index (χ2v) is 11.3. The molecule has 198 valence electrons. The van der Waals surface area contributed by atoms with E-state index in [2.05, 4.69) is 10.1 Å². The molecule has 0 saturated carbocycles. The van der Waals surface area contributed by atoms with Crippen LogP contribution < -0.4 is 4.74 Å². The zero-order valence-corrected chi connectivity index (χ0v) is 20.3. The molecule has 2 saturated heterocycles. The Morgan fingerprint density at radius 3 is 2.50 bits per heavy atom. The number of likely N-dealkylation sites (tertiary alicyclic amines) is 1. The van der Waals surface area contributed by atoms with Gasteiger partial charge in [0.25, 0.3) is 0 Å². The first-order valence-corrected chi connectivity index (χ1v) is 13.3. The Labute approximate surface area is 205 Å². The van der Waals surface area contributed by atoms with Crippen molar-refractivity contribution in [3.8, 4) is 6.01 Å². The van der Waals surface area contributed by atoms with E-state index in [0.717, 1.165) is 12.1 Å². The number of ether oxygens (including phenoxy) is 1. The summed E-state index contributed by atoms with van der Waals surface area (Å²) >= 11 is 0.